The number of nitrogens with one attached hydrogen (secondary N) is 1. The Bertz CT molecular complexity index is 763. The monoisotopic (exact) mass is 373 g/mol. The number of nitrogens with two attached hydrogens (primary N) is 1. The van der Waals surface area contributed by atoms with Crippen molar-refractivity contribution in [2.45, 2.75) is 18.9 Å². The molecule has 138 valence electrons. The Hall–Kier alpha value is -2.37. The van der Waals surface area contributed by atoms with Gasteiger partial charge in [0.1, 0.15) is 0 Å². The van der Waals surface area contributed by atoms with Crippen LogP contribution in [-0.4, -0.2) is 31.4 Å². The second kappa shape index (κ2) is 8.83. The van der Waals surface area contributed by atoms with Crippen LogP contribution in [0.1, 0.15) is 33.6 Å². The van der Waals surface area contributed by atoms with Gasteiger partial charge in [-0.1, -0.05) is 24.3 Å². The number of anilines is 1. The van der Waals surface area contributed by atoms with Gasteiger partial charge in [0.25, 0.3) is 11.8 Å². The normalized spacial score (nSPS) is 14.1. The standard InChI is InChI=1S/C20H23N3O2.ClH/c1-23(17-8-3-2-4-9-17)20(25)16-7-5-6-15(12-16)19(24)22-18(13-21)14-10-11-14;/h2-9,12,14,18H,10-11,13,21H2,1H3,(H,22,24);1H. The lowest BCUT2D eigenvalue weighted by molar-refractivity contribution is 0.0933. The smallest absolute Gasteiger partial charge is 0.258 e. The molecule has 3 rings (SSSR count). The van der Waals surface area contributed by atoms with Gasteiger partial charge in [-0.05, 0) is 49.1 Å². The van der Waals surface area contributed by atoms with Gasteiger partial charge in [0.15, 0.2) is 0 Å². The number of hydrogen-bond acceptors (Lipinski definition) is 3. The first-order chi connectivity index (χ1) is 12.1. The summed E-state index contributed by atoms with van der Waals surface area (Å²) in [5.74, 6) is 0.153. The summed E-state index contributed by atoms with van der Waals surface area (Å²) >= 11 is 0. The van der Waals surface area contributed by atoms with E-state index in [0.29, 0.717) is 23.6 Å². The molecular weight excluding hydrogens is 350 g/mol. The molecule has 1 unspecified atom stereocenters. The molecule has 0 bridgehead atoms. The third kappa shape index (κ3) is 4.62. The van der Waals surface area contributed by atoms with Crippen LogP contribution in [0.2, 0.25) is 0 Å². The molecule has 0 saturated heterocycles. The Morgan fingerprint density at radius 1 is 1.12 bits per heavy atom. The summed E-state index contributed by atoms with van der Waals surface area (Å²) in [6.45, 7) is 0.436. The highest BCUT2D eigenvalue weighted by Gasteiger charge is 2.31. The van der Waals surface area contributed by atoms with Crippen molar-refractivity contribution < 1.29 is 9.59 Å². The zero-order valence-corrected chi connectivity index (χ0v) is 15.5. The molecule has 1 fully saturated rings. The molecule has 1 aliphatic carbocycles. The fourth-order valence-corrected chi connectivity index (χ4v) is 2.88. The van der Waals surface area contributed by atoms with E-state index in [2.05, 4.69) is 5.32 Å². The largest absolute Gasteiger partial charge is 0.348 e. The molecule has 2 aromatic rings. The first-order valence-corrected chi connectivity index (χ1v) is 8.54. The predicted octanol–water partition coefficient (Wildman–Crippen LogP) is 2.85. The van der Waals surface area contributed by atoms with E-state index in [1.807, 2.05) is 30.3 Å². The summed E-state index contributed by atoms with van der Waals surface area (Å²) in [5, 5.41) is 2.98. The van der Waals surface area contributed by atoms with Crippen molar-refractivity contribution in [2.75, 3.05) is 18.5 Å². The Labute approximate surface area is 160 Å². The van der Waals surface area contributed by atoms with Crippen LogP contribution in [0.25, 0.3) is 0 Å². The molecule has 0 aromatic heterocycles. The molecule has 0 radical (unpaired) electrons. The summed E-state index contributed by atoms with van der Waals surface area (Å²) < 4.78 is 0. The van der Waals surface area contributed by atoms with Crippen LogP contribution in [0, 0.1) is 5.92 Å². The van der Waals surface area contributed by atoms with Crippen LogP contribution in [0.4, 0.5) is 5.69 Å². The maximum Gasteiger partial charge on any atom is 0.258 e. The number of halogens is 1. The number of hydrogen-bond donors (Lipinski definition) is 2. The topological polar surface area (TPSA) is 75.4 Å². The van der Waals surface area contributed by atoms with E-state index in [1.165, 1.54) is 0 Å². The van der Waals surface area contributed by atoms with E-state index < -0.39 is 0 Å². The minimum atomic E-state index is -0.181. The van der Waals surface area contributed by atoms with E-state index in [9.17, 15) is 9.59 Å². The molecule has 3 N–H and O–H groups in total. The predicted molar refractivity (Wildman–Crippen MR) is 106 cm³/mol. The summed E-state index contributed by atoms with van der Waals surface area (Å²) in [4.78, 5) is 26.7. The molecule has 6 heteroatoms. The number of rotatable bonds is 6. The Balaban J connectivity index is 0.00000243. The summed E-state index contributed by atoms with van der Waals surface area (Å²) in [6, 6.07) is 16.2. The zero-order chi connectivity index (χ0) is 17.8. The van der Waals surface area contributed by atoms with Crippen molar-refractivity contribution in [3.05, 3.63) is 65.7 Å². The maximum absolute atomic E-state index is 12.7. The van der Waals surface area contributed by atoms with E-state index in [4.69, 9.17) is 5.73 Å². The highest BCUT2D eigenvalue weighted by molar-refractivity contribution is 6.07. The second-order valence-electron chi connectivity index (χ2n) is 6.43. The van der Waals surface area contributed by atoms with Crippen molar-refractivity contribution in [1.82, 2.24) is 5.32 Å². The second-order valence-corrected chi connectivity index (χ2v) is 6.43. The van der Waals surface area contributed by atoms with Gasteiger partial charge in [0, 0.05) is 36.4 Å². The number of amides is 2. The van der Waals surface area contributed by atoms with Crippen molar-refractivity contribution in [2.24, 2.45) is 11.7 Å². The molecule has 5 nitrogen and oxygen atoms in total. The van der Waals surface area contributed by atoms with Crippen LogP contribution in [-0.2, 0) is 0 Å². The molecule has 2 amide bonds. The first kappa shape index (κ1) is 19.9. The zero-order valence-electron chi connectivity index (χ0n) is 14.7. The summed E-state index contributed by atoms with van der Waals surface area (Å²) in [6.07, 6.45) is 2.23. The van der Waals surface area contributed by atoms with Crippen LogP contribution in [0.15, 0.2) is 54.6 Å². The molecule has 26 heavy (non-hydrogen) atoms. The van der Waals surface area contributed by atoms with Crippen LogP contribution in [0.5, 0.6) is 0 Å². The van der Waals surface area contributed by atoms with Gasteiger partial charge in [-0.25, -0.2) is 0 Å². The molecule has 0 aliphatic heterocycles. The first-order valence-electron chi connectivity index (χ1n) is 8.54. The minimum absolute atomic E-state index is 0. The van der Waals surface area contributed by atoms with E-state index >= 15 is 0 Å². The van der Waals surface area contributed by atoms with Crippen molar-refractivity contribution >= 4 is 29.9 Å². The lowest BCUT2D eigenvalue weighted by atomic mass is 10.1. The third-order valence-corrected chi connectivity index (χ3v) is 4.58. The van der Waals surface area contributed by atoms with Gasteiger partial charge >= 0.3 is 0 Å². The fraction of sp³-hybridized carbons (Fsp3) is 0.300. The Morgan fingerprint density at radius 3 is 2.38 bits per heavy atom. The average molecular weight is 374 g/mol. The molecule has 0 spiro atoms. The quantitative estimate of drug-likeness (QED) is 0.817. The SMILES string of the molecule is CN(C(=O)c1cccc(C(=O)NC(CN)C2CC2)c1)c1ccccc1.Cl. The molecule has 1 atom stereocenters. The highest BCUT2D eigenvalue weighted by atomic mass is 35.5. The summed E-state index contributed by atoms with van der Waals surface area (Å²) in [5.41, 5.74) is 7.51. The van der Waals surface area contributed by atoms with Gasteiger partial charge in [0.05, 0.1) is 0 Å². The third-order valence-electron chi connectivity index (χ3n) is 4.58. The maximum atomic E-state index is 12.7. The van der Waals surface area contributed by atoms with Crippen LogP contribution >= 0.6 is 12.4 Å². The molecule has 2 aromatic carbocycles. The van der Waals surface area contributed by atoms with Crippen LogP contribution in [0.3, 0.4) is 0 Å². The lowest BCUT2D eigenvalue weighted by Crippen LogP contribution is -2.41. The Kier molecular flexibility index (Phi) is 6.77. The lowest BCUT2D eigenvalue weighted by Gasteiger charge is -2.18. The molecule has 1 saturated carbocycles. The van der Waals surface area contributed by atoms with E-state index in [0.717, 1.165) is 18.5 Å². The van der Waals surface area contributed by atoms with Crippen molar-refractivity contribution in [3.8, 4) is 0 Å². The highest BCUT2D eigenvalue weighted by Crippen LogP contribution is 2.32. The van der Waals surface area contributed by atoms with E-state index in [-0.39, 0.29) is 30.3 Å². The number of carbonyl (C=O) groups excluding carboxylic acids is 2. The molecule has 0 heterocycles. The number of para-hydroxylation sites is 1. The molecular formula is C20H24ClN3O2. The minimum Gasteiger partial charge on any atom is -0.348 e. The van der Waals surface area contributed by atoms with Crippen LogP contribution < -0.4 is 16.0 Å². The number of nitrogens with zero attached hydrogens (tertiary/aromatic N) is 1. The number of carbonyl (C=O) groups is 2. The van der Waals surface area contributed by atoms with Gasteiger partial charge in [-0.3, -0.25) is 9.59 Å². The van der Waals surface area contributed by atoms with Crippen molar-refractivity contribution in [3.63, 3.8) is 0 Å². The van der Waals surface area contributed by atoms with Gasteiger partial charge in [-0.2, -0.15) is 0 Å². The van der Waals surface area contributed by atoms with Gasteiger partial charge in [-0.15, -0.1) is 12.4 Å². The molecule has 1 aliphatic rings. The van der Waals surface area contributed by atoms with E-state index in [1.54, 1.807) is 36.2 Å². The number of benzene rings is 2. The Morgan fingerprint density at radius 2 is 1.77 bits per heavy atom. The average Bonchev–Trinajstić information content (AvgIpc) is 3.50. The van der Waals surface area contributed by atoms with Crippen molar-refractivity contribution in [1.29, 1.82) is 0 Å². The van der Waals surface area contributed by atoms with Gasteiger partial charge in [0.2, 0.25) is 0 Å². The van der Waals surface area contributed by atoms with Gasteiger partial charge < -0.3 is 16.0 Å². The summed E-state index contributed by atoms with van der Waals surface area (Å²) in [7, 11) is 1.72. The fourth-order valence-electron chi connectivity index (χ4n) is 2.88.